The quantitative estimate of drug-likeness (QED) is 0.435. The molecule has 0 nitrogen and oxygen atoms in total. The van der Waals surface area contributed by atoms with E-state index in [9.17, 15) is 26.3 Å². The Labute approximate surface area is 56.8 Å². The molecule has 0 aromatic heterocycles. The number of alkyl halides is 6. The molecule has 0 aromatic rings. The monoisotopic (exact) mass is 185 g/mol. The van der Waals surface area contributed by atoms with E-state index in [1.807, 2.05) is 0 Å². The molecular formula is C3ClF6. The molecular weight excluding hydrogens is 185 g/mol. The van der Waals surface area contributed by atoms with Crippen molar-refractivity contribution in [3.63, 3.8) is 0 Å². The fourth-order valence-electron chi connectivity index (χ4n) is 0.161. The van der Waals surface area contributed by atoms with E-state index in [-0.39, 0.29) is 0 Å². The van der Waals surface area contributed by atoms with Crippen LogP contribution < -0.4 is 0 Å². The Morgan fingerprint density at radius 2 is 1.30 bits per heavy atom. The third-order valence-electron chi connectivity index (χ3n) is 0.498. The first-order chi connectivity index (χ1) is 4.15. The molecule has 0 saturated heterocycles. The Kier molecular flexibility index (Phi) is 2.45. The van der Waals surface area contributed by atoms with Crippen LogP contribution in [0, 0.1) is 6.17 Å². The molecule has 0 heterocycles. The van der Waals surface area contributed by atoms with Crippen molar-refractivity contribution >= 4 is 11.6 Å². The predicted molar refractivity (Wildman–Crippen MR) is 21.2 cm³/mol. The molecule has 0 spiro atoms. The maximum absolute atomic E-state index is 11.3. The molecule has 0 aromatic carbocycles. The molecule has 7 heteroatoms. The summed E-state index contributed by atoms with van der Waals surface area (Å²) >= 11 is 3.70. The summed E-state index contributed by atoms with van der Waals surface area (Å²) in [5.41, 5.74) is 0. The van der Waals surface area contributed by atoms with Crippen molar-refractivity contribution in [2.75, 3.05) is 0 Å². The molecule has 0 fully saturated rings. The van der Waals surface area contributed by atoms with Gasteiger partial charge in [-0.3, -0.25) is 0 Å². The third kappa shape index (κ3) is 2.64. The van der Waals surface area contributed by atoms with Crippen LogP contribution in [0.5, 0.6) is 0 Å². The highest BCUT2D eigenvalue weighted by Gasteiger charge is 2.57. The predicted octanol–water partition coefficient (Wildman–Crippen LogP) is 2.88. The van der Waals surface area contributed by atoms with E-state index in [0.717, 1.165) is 0 Å². The standard InChI is InChI=1S/C3ClF6/c4-2(6,7)1(5)3(8,9)10. The largest absolute Gasteiger partial charge is 0.433 e. The second-order valence-electron chi connectivity index (χ2n) is 1.31. The molecule has 1 radical (unpaired) electrons. The molecule has 0 N–H and O–H groups in total. The summed E-state index contributed by atoms with van der Waals surface area (Å²) in [6.07, 6.45) is -9.19. The topological polar surface area (TPSA) is 0 Å². The van der Waals surface area contributed by atoms with Gasteiger partial charge in [0.1, 0.15) is 0 Å². The molecule has 0 unspecified atom stereocenters. The summed E-state index contributed by atoms with van der Waals surface area (Å²) in [6.45, 7) is 0. The Morgan fingerprint density at radius 1 is 1.00 bits per heavy atom. The van der Waals surface area contributed by atoms with Gasteiger partial charge >= 0.3 is 17.7 Å². The van der Waals surface area contributed by atoms with E-state index >= 15 is 0 Å². The summed E-state index contributed by atoms with van der Waals surface area (Å²) < 4.78 is 66.7. The van der Waals surface area contributed by atoms with Crippen LogP contribution >= 0.6 is 11.6 Å². The highest BCUT2D eigenvalue weighted by atomic mass is 35.5. The minimum absolute atomic E-state index is 3.50. The molecule has 0 bridgehead atoms. The van der Waals surface area contributed by atoms with Gasteiger partial charge in [-0.25, -0.2) is 4.39 Å². The fourth-order valence-corrected chi connectivity index (χ4v) is 0.268. The molecule has 10 heavy (non-hydrogen) atoms. The molecule has 0 aliphatic carbocycles. The van der Waals surface area contributed by atoms with Gasteiger partial charge < -0.3 is 0 Å². The first-order valence-electron chi connectivity index (χ1n) is 1.82. The second kappa shape index (κ2) is 2.48. The maximum Gasteiger partial charge on any atom is 0.433 e. The number of halogens is 7. The maximum atomic E-state index is 11.3. The van der Waals surface area contributed by atoms with Crippen molar-refractivity contribution in [1.29, 1.82) is 0 Å². The Hall–Kier alpha value is -0.130. The summed E-state index contributed by atoms with van der Waals surface area (Å²) in [6, 6.07) is 0. The van der Waals surface area contributed by atoms with Gasteiger partial charge in [0.15, 0.2) is 0 Å². The summed E-state index contributed by atoms with van der Waals surface area (Å²) in [5.74, 6) is 0. The van der Waals surface area contributed by atoms with Crippen LogP contribution in [-0.4, -0.2) is 11.6 Å². The van der Waals surface area contributed by atoms with Crippen LogP contribution in [0.4, 0.5) is 26.3 Å². The first-order valence-corrected chi connectivity index (χ1v) is 2.20. The van der Waals surface area contributed by atoms with Crippen LogP contribution in [0.2, 0.25) is 0 Å². The Morgan fingerprint density at radius 3 is 1.30 bits per heavy atom. The highest BCUT2D eigenvalue weighted by Crippen LogP contribution is 2.43. The molecule has 0 aliphatic heterocycles. The zero-order chi connectivity index (χ0) is 8.58. The summed E-state index contributed by atoms with van der Waals surface area (Å²) in [5, 5.41) is -4.96. The lowest BCUT2D eigenvalue weighted by molar-refractivity contribution is -0.171. The number of rotatable bonds is 1. The van der Waals surface area contributed by atoms with Crippen molar-refractivity contribution in [2.24, 2.45) is 0 Å². The van der Waals surface area contributed by atoms with Gasteiger partial charge in [0.25, 0.3) is 0 Å². The van der Waals surface area contributed by atoms with E-state index in [2.05, 4.69) is 11.6 Å². The van der Waals surface area contributed by atoms with Gasteiger partial charge in [0.05, 0.1) is 0 Å². The van der Waals surface area contributed by atoms with Crippen LogP contribution in [0.3, 0.4) is 0 Å². The van der Waals surface area contributed by atoms with Gasteiger partial charge in [-0.2, -0.15) is 22.0 Å². The first kappa shape index (κ1) is 9.87. The number of hydrogen-bond acceptors (Lipinski definition) is 0. The minimum atomic E-state index is -5.69. The molecule has 0 amide bonds. The number of hydrogen-bond donors (Lipinski definition) is 0. The van der Waals surface area contributed by atoms with Gasteiger partial charge in [0, 0.05) is 0 Å². The van der Waals surface area contributed by atoms with Crippen molar-refractivity contribution < 1.29 is 26.3 Å². The van der Waals surface area contributed by atoms with E-state index < -0.39 is 17.7 Å². The van der Waals surface area contributed by atoms with Crippen LogP contribution in [0.25, 0.3) is 0 Å². The van der Waals surface area contributed by atoms with Crippen LogP contribution in [0.15, 0.2) is 0 Å². The van der Waals surface area contributed by atoms with E-state index in [1.165, 1.54) is 0 Å². The normalized spacial score (nSPS) is 14.4. The van der Waals surface area contributed by atoms with Crippen molar-refractivity contribution in [1.82, 2.24) is 0 Å². The molecule has 0 aliphatic rings. The van der Waals surface area contributed by atoms with Crippen molar-refractivity contribution in [3.8, 4) is 0 Å². The average molecular weight is 185 g/mol. The van der Waals surface area contributed by atoms with Gasteiger partial charge in [0.2, 0.25) is 0 Å². The molecule has 0 rings (SSSR count). The van der Waals surface area contributed by atoms with E-state index in [1.54, 1.807) is 0 Å². The Bertz CT molecular complexity index is 97.1. The SMILES string of the molecule is F[C](C(F)(F)F)C(F)(F)Cl. The van der Waals surface area contributed by atoms with E-state index in [0.29, 0.717) is 0 Å². The van der Waals surface area contributed by atoms with E-state index in [4.69, 9.17) is 0 Å². The lowest BCUT2D eigenvalue weighted by Crippen LogP contribution is -2.29. The van der Waals surface area contributed by atoms with Crippen LogP contribution in [0.1, 0.15) is 0 Å². The van der Waals surface area contributed by atoms with Gasteiger partial charge in [-0.15, -0.1) is 0 Å². The average Bonchev–Trinajstić information content (AvgIpc) is 1.59. The Balaban J connectivity index is 4.23. The molecule has 61 valence electrons. The highest BCUT2D eigenvalue weighted by molar-refractivity contribution is 6.23. The van der Waals surface area contributed by atoms with Crippen molar-refractivity contribution in [2.45, 2.75) is 11.6 Å². The van der Waals surface area contributed by atoms with Gasteiger partial charge in [-0.05, 0) is 11.6 Å². The minimum Gasteiger partial charge on any atom is -0.221 e. The summed E-state index contributed by atoms with van der Waals surface area (Å²) in [4.78, 5) is 0. The lowest BCUT2D eigenvalue weighted by atomic mass is 10.4. The smallest absolute Gasteiger partial charge is 0.221 e. The zero-order valence-electron chi connectivity index (χ0n) is 4.15. The second-order valence-corrected chi connectivity index (χ2v) is 1.78. The third-order valence-corrected chi connectivity index (χ3v) is 0.664. The van der Waals surface area contributed by atoms with Crippen molar-refractivity contribution in [3.05, 3.63) is 6.17 Å². The lowest BCUT2D eigenvalue weighted by Gasteiger charge is -2.14. The molecule has 0 saturated carbocycles. The van der Waals surface area contributed by atoms with Crippen LogP contribution in [-0.2, 0) is 0 Å². The summed E-state index contributed by atoms with van der Waals surface area (Å²) in [7, 11) is 0. The zero-order valence-corrected chi connectivity index (χ0v) is 4.90. The van der Waals surface area contributed by atoms with Gasteiger partial charge in [-0.1, -0.05) is 0 Å². The fraction of sp³-hybridized carbons (Fsp3) is 0.667. The molecule has 0 atom stereocenters.